The van der Waals surface area contributed by atoms with Crippen molar-refractivity contribution >= 4 is 17.5 Å². The molecule has 0 aromatic heterocycles. The molecular weight excluding hydrogens is 777 g/mol. The van der Waals surface area contributed by atoms with Crippen molar-refractivity contribution in [2.24, 2.45) is 22.9 Å². The van der Waals surface area contributed by atoms with E-state index in [0.29, 0.717) is 43.3 Å². The van der Waals surface area contributed by atoms with Crippen LogP contribution in [0.25, 0.3) is 0 Å². The minimum Gasteiger partial charge on any atom is -0.492 e. The molecule has 2 heterocycles. The zero-order chi connectivity index (χ0) is 42.5. The average Bonchev–Trinajstić information content (AvgIpc) is 4.08. The summed E-state index contributed by atoms with van der Waals surface area (Å²) in [5, 5.41) is 45.4. The summed E-state index contributed by atoms with van der Waals surface area (Å²) >= 11 is 0. The Morgan fingerprint density at radius 1 is 1.03 bits per heavy atom. The molecule has 3 N–H and O–H groups in total. The van der Waals surface area contributed by atoms with Crippen molar-refractivity contribution in [1.29, 1.82) is 0 Å². The maximum absolute atomic E-state index is 14.6. The van der Waals surface area contributed by atoms with Gasteiger partial charge in [0.05, 0.1) is 43.0 Å². The van der Waals surface area contributed by atoms with Gasteiger partial charge in [0.25, 0.3) is 5.69 Å². The van der Waals surface area contributed by atoms with Gasteiger partial charge in [-0.1, -0.05) is 30.1 Å². The second-order valence-corrected chi connectivity index (χ2v) is 15.5. The number of nitro groups is 1. The van der Waals surface area contributed by atoms with Crippen LogP contribution in [0.2, 0.25) is 0 Å². The number of carbonyl (C=O) groups is 1. The zero-order valence-corrected chi connectivity index (χ0v) is 34.5. The molecule has 0 bridgehead atoms. The molecule has 60 heavy (non-hydrogen) atoms. The Bertz CT molecular complexity index is 1800. The fraction of sp³-hybridized carbons (Fsp3) is 0.591. The summed E-state index contributed by atoms with van der Waals surface area (Å²) in [7, 11) is 0. The Labute approximate surface area is 351 Å². The molecule has 4 aliphatic rings. The largest absolute Gasteiger partial charge is 0.492 e. The Kier molecular flexibility index (Phi) is 16.3. The van der Waals surface area contributed by atoms with Gasteiger partial charge in [0, 0.05) is 69.4 Å². The van der Waals surface area contributed by atoms with E-state index < -0.39 is 28.8 Å². The first-order valence-electron chi connectivity index (χ1n) is 21.3. The van der Waals surface area contributed by atoms with Crippen LogP contribution in [0, 0.1) is 27.9 Å². The van der Waals surface area contributed by atoms with Gasteiger partial charge in [0.2, 0.25) is 5.79 Å². The van der Waals surface area contributed by atoms with Gasteiger partial charge in [0.15, 0.2) is 0 Å². The predicted molar refractivity (Wildman–Crippen MR) is 222 cm³/mol. The van der Waals surface area contributed by atoms with Gasteiger partial charge in [-0.3, -0.25) is 19.9 Å². The Balaban J connectivity index is 1.52. The van der Waals surface area contributed by atoms with Crippen LogP contribution in [0.3, 0.4) is 0 Å². The van der Waals surface area contributed by atoms with Crippen LogP contribution in [0.15, 0.2) is 71.9 Å². The summed E-state index contributed by atoms with van der Waals surface area (Å²) in [6.07, 6.45) is 7.71. The van der Waals surface area contributed by atoms with Gasteiger partial charge in [-0.25, -0.2) is 4.79 Å². The molecule has 16 nitrogen and oxygen atoms in total. The molecule has 1 saturated heterocycles. The molecule has 1 amide bonds. The van der Waals surface area contributed by atoms with Crippen LogP contribution in [0.5, 0.6) is 17.2 Å². The summed E-state index contributed by atoms with van der Waals surface area (Å²) < 4.78 is 32.2. The number of aliphatic hydroxyl groups is 3. The van der Waals surface area contributed by atoms with E-state index in [0.717, 1.165) is 56.5 Å². The van der Waals surface area contributed by atoms with Crippen LogP contribution < -0.4 is 14.2 Å². The summed E-state index contributed by atoms with van der Waals surface area (Å²) in [4.78, 5) is 35.1. The number of carbonyl (C=O) groups excluding carboxylic acids is 1. The fourth-order valence-electron chi connectivity index (χ4n) is 8.97. The topological polar surface area (TPSA) is 195 Å². The molecule has 2 aromatic carbocycles. The zero-order valence-electron chi connectivity index (χ0n) is 34.5. The molecule has 1 saturated carbocycles. The van der Waals surface area contributed by atoms with Crippen molar-refractivity contribution in [2.75, 3.05) is 79.0 Å². The predicted octanol–water partition coefficient (Wildman–Crippen LogP) is 5.45. The summed E-state index contributed by atoms with van der Waals surface area (Å²) in [5.74, 6) is -0.869. The van der Waals surface area contributed by atoms with Gasteiger partial charge < -0.3 is 43.8 Å². The van der Waals surface area contributed by atoms with E-state index in [1.165, 1.54) is 29.2 Å². The van der Waals surface area contributed by atoms with Crippen molar-refractivity contribution in [2.45, 2.75) is 69.6 Å². The van der Waals surface area contributed by atoms with E-state index in [4.69, 9.17) is 33.7 Å². The quantitative estimate of drug-likeness (QED) is 0.0376. The lowest BCUT2D eigenvalue weighted by atomic mass is 9.55. The van der Waals surface area contributed by atoms with Crippen molar-refractivity contribution in [3.8, 4) is 17.2 Å². The summed E-state index contributed by atoms with van der Waals surface area (Å²) in [6, 6.07) is 10.2. The minimum atomic E-state index is -1.54. The lowest BCUT2D eigenvalue weighted by Crippen LogP contribution is -2.70. The highest BCUT2D eigenvalue weighted by Gasteiger charge is 2.65. The van der Waals surface area contributed by atoms with Crippen LogP contribution >= 0.6 is 0 Å². The number of nitrogens with zero attached hydrogens (tertiary/aromatic N) is 4. The lowest BCUT2D eigenvalue weighted by Gasteiger charge is -2.59. The number of rotatable bonds is 25. The number of fused-ring (bicyclic) bond motifs is 2. The third kappa shape index (κ3) is 10.6. The van der Waals surface area contributed by atoms with E-state index in [1.807, 2.05) is 19.1 Å². The standard InChI is InChI=1S/C44H60N4O12/c1-3-24-57-44-40(47(20-25-55-27-23-51)43(52)59-33-13-11-32(12-14-33)48(53)54)30-38(45-58-4-2)36-28-31(9-5-7-21-49)35(10-6-8-22-50)41(42(36)44)37-29-34(15-16-39(37)60-44)56-26-19-46-17-18-46/h3,11-16,28-29,31,35,40-42,49-51H,1,4-10,17-27,30H2,2H3. The van der Waals surface area contributed by atoms with Gasteiger partial charge in [-0.2, -0.15) is 0 Å². The molecule has 2 aliphatic carbocycles. The maximum Gasteiger partial charge on any atom is 0.415 e. The number of ether oxygens (including phenoxy) is 5. The molecule has 0 spiro atoms. The lowest BCUT2D eigenvalue weighted by molar-refractivity contribution is -0.384. The molecule has 0 radical (unpaired) electrons. The number of allylic oxidation sites excluding steroid dienone is 1. The molecule has 6 rings (SSSR count). The summed E-state index contributed by atoms with van der Waals surface area (Å²) in [6.45, 7) is 9.71. The first kappa shape index (κ1) is 45.0. The van der Waals surface area contributed by atoms with E-state index in [-0.39, 0.29) is 81.8 Å². The second kappa shape index (κ2) is 21.8. The van der Waals surface area contributed by atoms with Crippen molar-refractivity contribution in [3.05, 3.63) is 82.4 Å². The first-order chi connectivity index (χ1) is 29.3. The van der Waals surface area contributed by atoms with Crippen molar-refractivity contribution in [1.82, 2.24) is 9.80 Å². The van der Waals surface area contributed by atoms with Crippen LogP contribution in [0.1, 0.15) is 63.4 Å². The highest BCUT2D eigenvalue weighted by Crippen LogP contribution is 2.62. The number of non-ortho nitro benzene ring substituents is 1. The number of unbranched alkanes of at least 4 members (excludes halogenated alkanes) is 2. The number of nitro benzene ring substituents is 1. The molecule has 6 atom stereocenters. The highest BCUT2D eigenvalue weighted by molar-refractivity contribution is 6.03. The number of oxime groups is 1. The number of aliphatic hydroxyl groups excluding tert-OH is 3. The molecule has 2 fully saturated rings. The third-order valence-electron chi connectivity index (χ3n) is 11.7. The van der Waals surface area contributed by atoms with E-state index in [2.05, 4.69) is 23.6 Å². The molecule has 2 aliphatic heterocycles. The van der Waals surface area contributed by atoms with E-state index in [1.54, 1.807) is 6.08 Å². The second-order valence-electron chi connectivity index (χ2n) is 15.5. The third-order valence-corrected chi connectivity index (χ3v) is 11.7. The van der Waals surface area contributed by atoms with Gasteiger partial charge in [-0.15, -0.1) is 6.58 Å². The normalized spacial score (nSPS) is 24.7. The SMILES string of the molecule is C=CCOC12Oc3ccc(OCCN4CC4)cc3C3C(CCCCO)C(CCCCO)C=C(C(=NOCC)CC1N(CCOCCO)C(=O)Oc1ccc([N+](=O)[O-])cc1)C32. The number of hydrogen-bond donors (Lipinski definition) is 3. The van der Waals surface area contributed by atoms with Crippen LogP contribution in [0.4, 0.5) is 10.5 Å². The van der Waals surface area contributed by atoms with Gasteiger partial charge in [0.1, 0.15) is 36.5 Å². The average molecular weight is 837 g/mol. The first-order valence-corrected chi connectivity index (χ1v) is 21.3. The summed E-state index contributed by atoms with van der Waals surface area (Å²) in [5.41, 5.74) is 2.30. The fourth-order valence-corrected chi connectivity index (χ4v) is 8.97. The Hall–Kier alpha value is -4.58. The molecule has 328 valence electrons. The van der Waals surface area contributed by atoms with E-state index >= 15 is 0 Å². The Morgan fingerprint density at radius 3 is 2.47 bits per heavy atom. The minimum absolute atomic E-state index is 0.00223. The number of hydrogen-bond acceptors (Lipinski definition) is 14. The van der Waals surface area contributed by atoms with Gasteiger partial charge >= 0.3 is 6.09 Å². The van der Waals surface area contributed by atoms with Crippen LogP contribution in [-0.2, 0) is 14.3 Å². The molecule has 16 heteroatoms. The molecule has 6 unspecified atom stereocenters. The number of benzene rings is 2. The Morgan fingerprint density at radius 2 is 1.78 bits per heavy atom. The van der Waals surface area contributed by atoms with Crippen molar-refractivity contribution < 1.29 is 53.6 Å². The number of amides is 1. The van der Waals surface area contributed by atoms with E-state index in [9.17, 15) is 30.2 Å². The maximum atomic E-state index is 14.6. The highest BCUT2D eigenvalue weighted by atomic mass is 16.7. The molecule has 2 aromatic rings. The monoisotopic (exact) mass is 836 g/mol. The molecular formula is C44H60N4O12. The van der Waals surface area contributed by atoms with Gasteiger partial charge in [-0.05, 0) is 80.3 Å². The van der Waals surface area contributed by atoms with Crippen LogP contribution in [-0.4, -0.2) is 133 Å². The van der Waals surface area contributed by atoms with Crippen molar-refractivity contribution in [3.63, 3.8) is 0 Å². The smallest absolute Gasteiger partial charge is 0.415 e.